The summed E-state index contributed by atoms with van der Waals surface area (Å²) in [7, 11) is -1.44. The van der Waals surface area contributed by atoms with Gasteiger partial charge >= 0.3 is 6.09 Å². The van der Waals surface area contributed by atoms with E-state index in [1.165, 1.54) is 11.8 Å². The normalized spacial score (nSPS) is 24.4. The lowest BCUT2D eigenvalue weighted by Gasteiger charge is -2.33. The molecule has 0 saturated carbocycles. The number of rotatable bonds is 2. The summed E-state index contributed by atoms with van der Waals surface area (Å²) in [4.78, 5) is 26.7. The number of para-hydroxylation sites is 1. The van der Waals surface area contributed by atoms with Gasteiger partial charge in [-0.3, -0.25) is 9.69 Å². The number of carbonyl (C=O) groups is 2. The minimum Gasteiger partial charge on any atom is -0.449 e. The fraction of sp³-hybridized carbons (Fsp3) is 0.391. The van der Waals surface area contributed by atoms with Crippen molar-refractivity contribution in [2.45, 2.75) is 51.2 Å². The zero-order chi connectivity index (χ0) is 21.2. The van der Waals surface area contributed by atoms with Gasteiger partial charge in [-0.05, 0) is 32.1 Å². The van der Waals surface area contributed by atoms with E-state index in [0.717, 1.165) is 0 Å². The molecule has 0 bridgehead atoms. The second-order valence-corrected chi connectivity index (χ2v) is 12.8. The highest BCUT2D eigenvalue weighted by molar-refractivity contribution is 6.83. The third kappa shape index (κ3) is 4.00. The van der Waals surface area contributed by atoms with Crippen LogP contribution < -0.4 is 4.90 Å². The minimum atomic E-state index is -1.44. The van der Waals surface area contributed by atoms with Crippen molar-refractivity contribution in [1.29, 1.82) is 0 Å². The van der Waals surface area contributed by atoms with E-state index in [2.05, 4.69) is 42.9 Å². The highest BCUT2D eigenvalue weighted by Crippen LogP contribution is 2.56. The van der Waals surface area contributed by atoms with Gasteiger partial charge in [0.1, 0.15) is 20.2 Å². The van der Waals surface area contributed by atoms with E-state index in [-0.39, 0.29) is 12.4 Å². The number of epoxide rings is 1. The lowest BCUT2D eigenvalue weighted by molar-refractivity contribution is -0.122. The van der Waals surface area contributed by atoms with Crippen molar-refractivity contribution >= 4 is 25.6 Å². The molecule has 0 unspecified atom stereocenters. The van der Waals surface area contributed by atoms with Crippen molar-refractivity contribution in [2.75, 3.05) is 11.5 Å². The number of hydrogen-bond acceptors (Lipinski definition) is 4. The number of amides is 1. The number of nitrogens with zero attached hydrogens (tertiary/aromatic N) is 1. The summed E-state index contributed by atoms with van der Waals surface area (Å²) in [6, 6.07) is 6.63. The molecule has 0 N–H and O–H groups in total. The number of ketones is 1. The molecule has 0 radical (unpaired) electrons. The van der Waals surface area contributed by atoms with E-state index in [4.69, 9.17) is 9.47 Å². The Hall–Kier alpha value is -2.80. The molecule has 1 aromatic carbocycles. The van der Waals surface area contributed by atoms with Gasteiger partial charge in [0, 0.05) is 5.56 Å². The molecule has 6 heteroatoms. The third-order valence-electron chi connectivity index (χ3n) is 4.70. The van der Waals surface area contributed by atoms with Crippen molar-refractivity contribution in [1.82, 2.24) is 0 Å². The van der Waals surface area contributed by atoms with Gasteiger partial charge in [0.25, 0.3) is 0 Å². The van der Waals surface area contributed by atoms with Gasteiger partial charge in [-0.1, -0.05) is 55.6 Å². The van der Waals surface area contributed by atoms with Crippen molar-refractivity contribution in [3.8, 4) is 23.3 Å². The van der Waals surface area contributed by atoms with E-state index < -0.39 is 31.9 Å². The molecule has 0 aliphatic carbocycles. The maximum atomic E-state index is 12.7. The van der Waals surface area contributed by atoms with E-state index in [0.29, 0.717) is 11.3 Å². The monoisotopic (exact) mass is 407 g/mol. The zero-order valence-electron chi connectivity index (χ0n) is 17.4. The van der Waals surface area contributed by atoms with Crippen molar-refractivity contribution in [3.05, 3.63) is 42.0 Å². The first-order valence-corrected chi connectivity index (χ1v) is 13.2. The molecule has 2 aliphatic heterocycles. The van der Waals surface area contributed by atoms with Crippen LogP contribution in [0.3, 0.4) is 0 Å². The maximum Gasteiger partial charge on any atom is 0.415 e. The average molecular weight is 408 g/mol. The van der Waals surface area contributed by atoms with Crippen molar-refractivity contribution in [2.24, 2.45) is 0 Å². The smallest absolute Gasteiger partial charge is 0.415 e. The Morgan fingerprint density at radius 2 is 1.93 bits per heavy atom. The first kappa shape index (κ1) is 20.9. The molecule has 0 spiro atoms. The molecule has 1 fully saturated rings. The Labute approximate surface area is 173 Å². The summed E-state index contributed by atoms with van der Waals surface area (Å²) < 4.78 is 11.2. The van der Waals surface area contributed by atoms with E-state index >= 15 is 0 Å². The van der Waals surface area contributed by atoms with Gasteiger partial charge in [-0.25, -0.2) is 4.79 Å². The second-order valence-electron chi connectivity index (χ2n) is 8.00. The highest BCUT2D eigenvalue weighted by Gasteiger charge is 2.70. The summed E-state index contributed by atoms with van der Waals surface area (Å²) in [5.74, 6) is 8.95. The van der Waals surface area contributed by atoms with Crippen molar-refractivity contribution < 1.29 is 19.1 Å². The topological polar surface area (TPSA) is 59.1 Å². The Morgan fingerprint density at radius 1 is 1.24 bits per heavy atom. The molecule has 2 heterocycles. The predicted octanol–water partition coefficient (Wildman–Crippen LogP) is 3.66. The number of hydrogen-bond donors (Lipinski definition) is 0. The van der Waals surface area contributed by atoms with Gasteiger partial charge in [0.15, 0.2) is 11.4 Å². The van der Waals surface area contributed by atoms with E-state index in [1.807, 2.05) is 18.2 Å². The quantitative estimate of drug-likeness (QED) is 0.427. The number of Topliss-reactive ketones (excluding diaryl/α,β-unsaturated/α-hetero) is 1. The van der Waals surface area contributed by atoms with Gasteiger partial charge < -0.3 is 9.47 Å². The molecule has 1 aromatic rings. The standard InChI is InChI=1S/C23H25NO4Si/c1-6-27-22(26)24-19-14-11-10-13-18(19)23(17(2)25)21(28-23)20(24)15-9-7-8-12-16-29(3,4)5/h7-8,10-11,13-14,20-21H,6H2,1-5H3/b8-7-/t20-,21-,23+/m0/s1. The summed E-state index contributed by atoms with van der Waals surface area (Å²) >= 11 is 0. The van der Waals surface area contributed by atoms with Crippen LogP contribution in [0.15, 0.2) is 36.4 Å². The molecule has 29 heavy (non-hydrogen) atoms. The fourth-order valence-corrected chi connectivity index (χ4v) is 3.96. The number of fused-ring (bicyclic) bond motifs is 3. The fourth-order valence-electron chi connectivity index (χ4n) is 3.45. The molecule has 1 saturated heterocycles. The summed E-state index contributed by atoms with van der Waals surface area (Å²) in [5, 5.41) is 0. The molecular formula is C23H25NO4Si. The molecule has 3 rings (SSSR count). The van der Waals surface area contributed by atoms with Crippen LogP contribution in [0.1, 0.15) is 19.4 Å². The highest BCUT2D eigenvalue weighted by atomic mass is 28.3. The Kier molecular flexibility index (Phi) is 5.70. The molecule has 0 aromatic heterocycles. The van der Waals surface area contributed by atoms with Gasteiger partial charge in [-0.2, -0.15) is 0 Å². The van der Waals surface area contributed by atoms with Crippen LogP contribution in [0.5, 0.6) is 0 Å². The maximum absolute atomic E-state index is 12.7. The molecule has 2 aliphatic rings. The lowest BCUT2D eigenvalue weighted by Crippen LogP contribution is -2.50. The second kappa shape index (κ2) is 7.91. The molecular weight excluding hydrogens is 382 g/mol. The molecule has 150 valence electrons. The molecule has 1 amide bonds. The van der Waals surface area contributed by atoms with Gasteiger partial charge in [-0.15, -0.1) is 5.54 Å². The van der Waals surface area contributed by atoms with Crippen LogP contribution in [-0.2, 0) is 19.9 Å². The summed E-state index contributed by atoms with van der Waals surface area (Å²) in [6.45, 7) is 10.0. The van der Waals surface area contributed by atoms with Crippen LogP contribution in [0.4, 0.5) is 10.5 Å². The van der Waals surface area contributed by atoms with Crippen LogP contribution >= 0.6 is 0 Å². The van der Waals surface area contributed by atoms with Crippen molar-refractivity contribution in [3.63, 3.8) is 0 Å². The lowest BCUT2D eigenvalue weighted by atomic mass is 9.83. The van der Waals surface area contributed by atoms with Crippen LogP contribution in [0.2, 0.25) is 19.6 Å². The third-order valence-corrected chi connectivity index (χ3v) is 5.60. The predicted molar refractivity (Wildman–Crippen MR) is 115 cm³/mol. The number of allylic oxidation sites excluding steroid dienone is 2. The van der Waals surface area contributed by atoms with Gasteiger partial charge in [0.2, 0.25) is 0 Å². The summed E-state index contributed by atoms with van der Waals surface area (Å²) in [6.07, 6.45) is 2.35. The Bertz CT molecular complexity index is 986. The minimum absolute atomic E-state index is 0.0956. The number of ether oxygens (including phenoxy) is 2. The summed E-state index contributed by atoms with van der Waals surface area (Å²) in [5.41, 5.74) is 3.47. The van der Waals surface area contributed by atoms with Crippen LogP contribution in [0, 0.1) is 23.3 Å². The van der Waals surface area contributed by atoms with E-state index in [1.54, 1.807) is 25.1 Å². The number of anilines is 1. The molecule has 3 atom stereocenters. The van der Waals surface area contributed by atoms with Gasteiger partial charge in [0.05, 0.1) is 12.3 Å². The first-order valence-electron chi connectivity index (χ1n) is 9.65. The zero-order valence-corrected chi connectivity index (χ0v) is 18.4. The van der Waals surface area contributed by atoms with Crippen LogP contribution in [0.25, 0.3) is 0 Å². The SMILES string of the molecule is CCOC(=O)N1c2ccccc2[C@@]2(C(C)=O)O[C@H]2[C@@H]1C#C/C=C\C#C[Si](C)(C)C. The number of benzene rings is 1. The van der Waals surface area contributed by atoms with Crippen LogP contribution in [-0.4, -0.2) is 38.7 Å². The molecule has 5 nitrogen and oxygen atoms in total. The Morgan fingerprint density at radius 3 is 2.59 bits per heavy atom. The Balaban J connectivity index is 1.98. The average Bonchev–Trinajstić information content (AvgIpc) is 3.41. The number of carbonyl (C=O) groups excluding carboxylic acids is 2. The largest absolute Gasteiger partial charge is 0.449 e. The van der Waals surface area contributed by atoms with E-state index in [9.17, 15) is 9.59 Å². The first-order chi connectivity index (χ1) is 13.7.